The Bertz CT molecular complexity index is 245. The molecule has 1 aliphatic rings. The summed E-state index contributed by atoms with van der Waals surface area (Å²) in [6.07, 6.45) is 9.04. The van der Waals surface area contributed by atoms with E-state index in [4.69, 9.17) is 4.74 Å². The molecule has 1 atom stereocenters. The van der Waals surface area contributed by atoms with Gasteiger partial charge in [-0.1, -0.05) is 46.0 Å². The van der Waals surface area contributed by atoms with E-state index >= 15 is 0 Å². The van der Waals surface area contributed by atoms with Gasteiger partial charge in [0.2, 0.25) is 0 Å². The van der Waals surface area contributed by atoms with Crippen LogP contribution < -0.4 is 0 Å². The fourth-order valence-electron chi connectivity index (χ4n) is 2.12. The molecule has 0 aliphatic carbocycles. The van der Waals surface area contributed by atoms with Crippen LogP contribution in [0.15, 0.2) is 4.99 Å². The van der Waals surface area contributed by atoms with Gasteiger partial charge in [0, 0.05) is 6.42 Å². The van der Waals surface area contributed by atoms with Crippen molar-refractivity contribution < 1.29 is 4.74 Å². The summed E-state index contributed by atoms with van der Waals surface area (Å²) in [5, 5.41) is 0. The molecular weight excluding hydrogens is 210 g/mol. The van der Waals surface area contributed by atoms with Gasteiger partial charge in [0.05, 0.1) is 5.54 Å². The Labute approximate surface area is 107 Å². The maximum atomic E-state index is 5.58. The Morgan fingerprint density at radius 3 is 2.53 bits per heavy atom. The predicted octanol–water partition coefficient (Wildman–Crippen LogP) is 4.58. The molecule has 1 rings (SSSR count). The van der Waals surface area contributed by atoms with Crippen molar-refractivity contribution in [3.8, 4) is 0 Å². The van der Waals surface area contributed by atoms with Crippen molar-refractivity contribution in [1.82, 2.24) is 0 Å². The molecule has 100 valence electrons. The SMILES string of the molecule is CCC(C)CCCCCCC1=NC(C)(C)CO1. The van der Waals surface area contributed by atoms with Gasteiger partial charge in [0.25, 0.3) is 0 Å². The average molecular weight is 239 g/mol. The molecule has 1 unspecified atom stereocenters. The lowest BCUT2D eigenvalue weighted by molar-refractivity contribution is 0.273. The number of hydrogen-bond donors (Lipinski definition) is 0. The fraction of sp³-hybridized carbons (Fsp3) is 0.933. The lowest BCUT2D eigenvalue weighted by atomic mass is 10.00. The zero-order chi connectivity index (χ0) is 12.7. The Morgan fingerprint density at radius 2 is 1.94 bits per heavy atom. The molecule has 0 bridgehead atoms. The number of rotatable bonds is 8. The molecule has 0 radical (unpaired) electrons. The van der Waals surface area contributed by atoms with E-state index in [0.717, 1.165) is 24.8 Å². The van der Waals surface area contributed by atoms with Gasteiger partial charge in [-0.2, -0.15) is 0 Å². The van der Waals surface area contributed by atoms with Gasteiger partial charge in [-0.05, 0) is 26.2 Å². The second-order valence-corrected chi connectivity index (χ2v) is 6.07. The van der Waals surface area contributed by atoms with Crippen LogP contribution >= 0.6 is 0 Å². The minimum absolute atomic E-state index is 0.0197. The molecule has 0 N–H and O–H groups in total. The van der Waals surface area contributed by atoms with E-state index in [1.165, 1.54) is 38.5 Å². The first-order chi connectivity index (χ1) is 8.03. The first-order valence-corrected chi connectivity index (χ1v) is 7.25. The summed E-state index contributed by atoms with van der Waals surface area (Å²) >= 11 is 0. The first-order valence-electron chi connectivity index (χ1n) is 7.25. The van der Waals surface area contributed by atoms with E-state index in [9.17, 15) is 0 Å². The highest BCUT2D eigenvalue weighted by atomic mass is 16.5. The van der Waals surface area contributed by atoms with Gasteiger partial charge in [-0.15, -0.1) is 0 Å². The summed E-state index contributed by atoms with van der Waals surface area (Å²) in [4.78, 5) is 4.57. The Balaban J connectivity index is 1.98. The molecule has 17 heavy (non-hydrogen) atoms. The lowest BCUT2D eigenvalue weighted by Gasteiger charge is -2.07. The molecular formula is C15H29NO. The van der Waals surface area contributed by atoms with E-state index in [1.807, 2.05) is 0 Å². The molecule has 0 saturated carbocycles. The smallest absolute Gasteiger partial charge is 0.183 e. The van der Waals surface area contributed by atoms with E-state index in [2.05, 4.69) is 32.7 Å². The molecule has 2 nitrogen and oxygen atoms in total. The van der Waals surface area contributed by atoms with E-state index in [0.29, 0.717) is 0 Å². The third kappa shape index (κ3) is 6.09. The van der Waals surface area contributed by atoms with Crippen LogP contribution in [0.3, 0.4) is 0 Å². The summed E-state index contributed by atoms with van der Waals surface area (Å²) in [5.74, 6) is 1.88. The van der Waals surface area contributed by atoms with Crippen molar-refractivity contribution in [3.63, 3.8) is 0 Å². The highest BCUT2D eigenvalue weighted by Crippen LogP contribution is 2.20. The van der Waals surface area contributed by atoms with Crippen LogP contribution in [0.25, 0.3) is 0 Å². The minimum Gasteiger partial charge on any atom is -0.478 e. The van der Waals surface area contributed by atoms with Gasteiger partial charge in [-0.25, -0.2) is 4.99 Å². The van der Waals surface area contributed by atoms with Gasteiger partial charge in [0.15, 0.2) is 5.90 Å². The van der Waals surface area contributed by atoms with Gasteiger partial charge in [-0.3, -0.25) is 0 Å². The summed E-state index contributed by atoms with van der Waals surface area (Å²) in [7, 11) is 0. The molecule has 2 heteroatoms. The number of hydrogen-bond acceptors (Lipinski definition) is 2. The van der Waals surface area contributed by atoms with Crippen LogP contribution in [0.5, 0.6) is 0 Å². The summed E-state index contributed by atoms with van der Waals surface area (Å²) in [5.41, 5.74) is 0.0197. The van der Waals surface area contributed by atoms with Crippen molar-refractivity contribution >= 4 is 5.90 Å². The van der Waals surface area contributed by atoms with Crippen LogP contribution in [0.1, 0.15) is 72.6 Å². The van der Waals surface area contributed by atoms with E-state index < -0.39 is 0 Å². The molecule has 1 aliphatic heterocycles. The topological polar surface area (TPSA) is 21.6 Å². The predicted molar refractivity (Wildman–Crippen MR) is 74.6 cm³/mol. The number of aliphatic imine (C=N–C) groups is 1. The van der Waals surface area contributed by atoms with Crippen LogP contribution in [0.2, 0.25) is 0 Å². The van der Waals surface area contributed by atoms with Crippen molar-refractivity contribution in [1.29, 1.82) is 0 Å². The maximum Gasteiger partial charge on any atom is 0.183 e. The van der Waals surface area contributed by atoms with Crippen LogP contribution in [-0.4, -0.2) is 18.0 Å². The zero-order valence-corrected chi connectivity index (χ0v) is 12.1. The number of ether oxygens (including phenoxy) is 1. The summed E-state index contributed by atoms with van der Waals surface area (Å²) in [6.45, 7) is 9.65. The maximum absolute atomic E-state index is 5.58. The van der Waals surface area contributed by atoms with Crippen LogP contribution in [0, 0.1) is 5.92 Å². The van der Waals surface area contributed by atoms with Crippen molar-refractivity contribution in [2.45, 2.75) is 78.2 Å². The van der Waals surface area contributed by atoms with E-state index in [-0.39, 0.29) is 5.54 Å². The van der Waals surface area contributed by atoms with Crippen molar-refractivity contribution in [2.24, 2.45) is 10.9 Å². The Morgan fingerprint density at radius 1 is 1.24 bits per heavy atom. The summed E-state index contributed by atoms with van der Waals surface area (Å²) in [6, 6.07) is 0. The summed E-state index contributed by atoms with van der Waals surface area (Å²) < 4.78 is 5.58. The normalized spacial score (nSPS) is 19.9. The molecule has 0 fully saturated rings. The third-order valence-electron chi connectivity index (χ3n) is 3.55. The average Bonchev–Trinajstić information content (AvgIpc) is 2.63. The second-order valence-electron chi connectivity index (χ2n) is 6.07. The molecule has 0 aromatic heterocycles. The Kier molecular flexibility index (Phi) is 6.01. The standard InChI is InChI=1S/C15H29NO/c1-5-13(2)10-8-6-7-9-11-14-16-15(3,4)12-17-14/h13H,5-12H2,1-4H3. The second kappa shape index (κ2) is 7.03. The van der Waals surface area contributed by atoms with Gasteiger partial charge in [0.1, 0.15) is 6.61 Å². The fourth-order valence-corrected chi connectivity index (χ4v) is 2.12. The molecule has 0 aromatic carbocycles. The largest absolute Gasteiger partial charge is 0.478 e. The van der Waals surface area contributed by atoms with Crippen LogP contribution in [-0.2, 0) is 4.74 Å². The van der Waals surface area contributed by atoms with Crippen molar-refractivity contribution in [3.05, 3.63) is 0 Å². The van der Waals surface area contributed by atoms with Gasteiger partial charge < -0.3 is 4.74 Å². The highest BCUT2D eigenvalue weighted by molar-refractivity contribution is 5.78. The van der Waals surface area contributed by atoms with Gasteiger partial charge >= 0.3 is 0 Å². The first kappa shape index (κ1) is 14.5. The molecule has 0 aromatic rings. The highest BCUT2D eigenvalue weighted by Gasteiger charge is 2.25. The third-order valence-corrected chi connectivity index (χ3v) is 3.55. The number of unbranched alkanes of at least 4 members (excludes halogenated alkanes) is 3. The molecule has 0 amide bonds. The minimum atomic E-state index is 0.0197. The molecule has 0 spiro atoms. The quantitative estimate of drug-likeness (QED) is 0.568. The lowest BCUT2D eigenvalue weighted by Crippen LogP contribution is -2.17. The zero-order valence-electron chi connectivity index (χ0n) is 12.1. The Hall–Kier alpha value is -0.530. The van der Waals surface area contributed by atoms with Crippen LogP contribution in [0.4, 0.5) is 0 Å². The molecule has 0 saturated heterocycles. The van der Waals surface area contributed by atoms with E-state index in [1.54, 1.807) is 0 Å². The molecule has 1 heterocycles. The number of nitrogens with zero attached hydrogens (tertiary/aromatic N) is 1. The monoisotopic (exact) mass is 239 g/mol. The van der Waals surface area contributed by atoms with Crippen molar-refractivity contribution in [2.75, 3.05) is 6.61 Å².